The summed E-state index contributed by atoms with van der Waals surface area (Å²) in [6.07, 6.45) is 0. The lowest BCUT2D eigenvalue weighted by atomic mass is 10.3. The molecule has 0 spiro atoms. The van der Waals surface area contributed by atoms with Crippen molar-refractivity contribution in [2.75, 3.05) is 6.54 Å². The number of nitrogens with one attached hydrogen (secondary N) is 1. The molecule has 1 aromatic carbocycles. The van der Waals surface area contributed by atoms with Gasteiger partial charge in [0.2, 0.25) is 10.0 Å². The number of thiocarbonyl (C=S) groups is 1. The second kappa shape index (κ2) is 4.81. The van der Waals surface area contributed by atoms with Gasteiger partial charge in [-0.05, 0) is 18.2 Å². The van der Waals surface area contributed by atoms with Crippen LogP contribution in [0.1, 0.15) is 0 Å². The molecule has 0 aliphatic heterocycles. The fourth-order valence-electron chi connectivity index (χ4n) is 0.927. The first-order chi connectivity index (χ1) is 7.33. The van der Waals surface area contributed by atoms with Gasteiger partial charge >= 0.3 is 0 Å². The summed E-state index contributed by atoms with van der Waals surface area (Å²) in [7, 11) is -4.14. The highest BCUT2D eigenvalue weighted by Gasteiger charge is 2.19. The van der Waals surface area contributed by atoms with Crippen LogP contribution in [0.4, 0.5) is 8.78 Å². The van der Waals surface area contributed by atoms with Gasteiger partial charge in [-0.2, -0.15) is 0 Å². The maximum absolute atomic E-state index is 13.1. The number of hydrogen-bond donors (Lipinski definition) is 2. The van der Waals surface area contributed by atoms with Gasteiger partial charge in [-0.25, -0.2) is 21.9 Å². The number of nitrogens with two attached hydrogens (primary N) is 1. The molecular formula is C8H8F2N2O2S2. The van der Waals surface area contributed by atoms with Crippen LogP contribution in [0.3, 0.4) is 0 Å². The van der Waals surface area contributed by atoms with Crippen molar-refractivity contribution in [1.29, 1.82) is 0 Å². The lowest BCUT2D eigenvalue weighted by molar-refractivity contribution is 0.548. The van der Waals surface area contributed by atoms with E-state index in [0.29, 0.717) is 6.07 Å². The molecule has 88 valence electrons. The molecule has 0 fully saturated rings. The minimum Gasteiger partial charge on any atom is -0.392 e. The molecule has 0 bridgehead atoms. The first-order valence-electron chi connectivity index (χ1n) is 4.06. The first kappa shape index (κ1) is 12.9. The number of hydrogen-bond acceptors (Lipinski definition) is 3. The minimum atomic E-state index is -4.14. The number of sulfonamides is 1. The Morgan fingerprint density at radius 1 is 1.44 bits per heavy atom. The maximum atomic E-state index is 13.1. The highest BCUT2D eigenvalue weighted by molar-refractivity contribution is 7.89. The zero-order valence-corrected chi connectivity index (χ0v) is 9.54. The van der Waals surface area contributed by atoms with Gasteiger partial charge in [-0.1, -0.05) is 12.2 Å². The van der Waals surface area contributed by atoms with Crippen molar-refractivity contribution in [1.82, 2.24) is 4.72 Å². The fraction of sp³-hybridized carbons (Fsp3) is 0.125. The summed E-state index contributed by atoms with van der Waals surface area (Å²) >= 11 is 4.46. The van der Waals surface area contributed by atoms with Crippen molar-refractivity contribution in [3.8, 4) is 0 Å². The van der Waals surface area contributed by atoms with Crippen LogP contribution in [-0.2, 0) is 10.0 Å². The van der Waals surface area contributed by atoms with Gasteiger partial charge < -0.3 is 5.73 Å². The van der Waals surface area contributed by atoms with Crippen LogP contribution >= 0.6 is 12.2 Å². The van der Waals surface area contributed by atoms with Crippen molar-refractivity contribution in [2.45, 2.75) is 4.90 Å². The van der Waals surface area contributed by atoms with Gasteiger partial charge in [-0.15, -0.1) is 0 Å². The Kier molecular flexibility index (Phi) is 3.89. The third kappa shape index (κ3) is 3.19. The Hall–Kier alpha value is -1.12. The lowest BCUT2D eigenvalue weighted by Crippen LogP contribution is -2.32. The van der Waals surface area contributed by atoms with Crippen molar-refractivity contribution in [3.63, 3.8) is 0 Å². The molecule has 1 rings (SSSR count). The quantitative estimate of drug-likeness (QED) is 0.780. The summed E-state index contributed by atoms with van der Waals surface area (Å²) in [5, 5.41) is 0. The Balaban J connectivity index is 3.07. The summed E-state index contributed by atoms with van der Waals surface area (Å²) in [5.41, 5.74) is 5.08. The van der Waals surface area contributed by atoms with Gasteiger partial charge in [0.05, 0.1) is 11.5 Å². The van der Waals surface area contributed by atoms with E-state index in [-0.39, 0.29) is 11.5 Å². The normalized spacial score (nSPS) is 11.4. The van der Waals surface area contributed by atoms with Crippen LogP contribution < -0.4 is 10.5 Å². The third-order valence-electron chi connectivity index (χ3n) is 1.62. The van der Waals surface area contributed by atoms with E-state index in [1.165, 1.54) is 0 Å². The van der Waals surface area contributed by atoms with Crippen LogP contribution in [0, 0.1) is 11.6 Å². The SMILES string of the molecule is NC(=S)CNS(=O)(=O)c1cc(F)ccc1F. The molecule has 0 heterocycles. The molecule has 0 atom stereocenters. The lowest BCUT2D eigenvalue weighted by Gasteiger charge is -2.06. The summed E-state index contributed by atoms with van der Waals surface area (Å²) in [6, 6.07) is 2.13. The average Bonchev–Trinajstić information content (AvgIpc) is 2.19. The molecule has 0 aliphatic carbocycles. The van der Waals surface area contributed by atoms with Gasteiger partial charge in [0.25, 0.3) is 0 Å². The van der Waals surface area contributed by atoms with E-state index < -0.39 is 26.6 Å². The van der Waals surface area contributed by atoms with E-state index in [2.05, 4.69) is 12.2 Å². The number of benzene rings is 1. The molecule has 0 amide bonds. The zero-order chi connectivity index (χ0) is 12.3. The van der Waals surface area contributed by atoms with Crippen molar-refractivity contribution in [3.05, 3.63) is 29.8 Å². The van der Waals surface area contributed by atoms with Gasteiger partial charge in [0, 0.05) is 0 Å². The van der Waals surface area contributed by atoms with E-state index >= 15 is 0 Å². The molecule has 8 heteroatoms. The molecule has 0 radical (unpaired) electrons. The Bertz CT molecular complexity index is 517. The summed E-state index contributed by atoms with van der Waals surface area (Å²) in [6.45, 7) is -0.312. The second-order valence-electron chi connectivity index (χ2n) is 2.87. The van der Waals surface area contributed by atoms with Crippen LogP contribution in [0.2, 0.25) is 0 Å². The molecule has 16 heavy (non-hydrogen) atoms. The molecule has 0 aromatic heterocycles. The predicted molar refractivity (Wildman–Crippen MR) is 58.3 cm³/mol. The van der Waals surface area contributed by atoms with Crippen molar-refractivity contribution in [2.24, 2.45) is 5.73 Å². The molecule has 0 saturated heterocycles. The topological polar surface area (TPSA) is 72.2 Å². The minimum absolute atomic E-state index is 0.0969. The van der Waals surface area contributed by atoms with Crippen LogP contribution in [-0.4, -0.2) is 20.0 Å². The predicted octanol–water partition coefficient (Wildman–Crippen LogP) is 0.529. The molecule has 0 aliphatic rings. The fourth-order valence-corrected chi connectivity index (χ4v) is 2.18. The van der Waals surface area contributed by atoms with E-state index in [4.69, 9.17) is 5.73 Å². The smallest absolute Gasteiger partial charge is 0.243 e. The van der Waals surface area contributed by atoms with Crippen LogP contribution in [0.25, 0.3) is 0 Å². The average molecular weight is 266 g/mol. The molecule has 0 unspecified atom stereocenters. The van der Waals surface area contributed by atoms with Gasteiger partial charge in [0.15, 0.2) is 0 Å². The van der Waals surface area contributed by atoms with Crippen molar-refractivity contribution < 1.29 is 17.2 Å². The highest BCUT2D eigenvalue weighted by atomic mass is 32.2. The Morgan fingerprint density at radius 2 is 2.06 bits per heavy atom. The zero-order valence-electron chi connectivity index (χ0n) is 7.91. The molecular weight excluding hydrogens is 258 g/mol. The number of halogens is 2. The van der Waals surface area contributed by atoms with E-state index in [0.717, 1.165) is 12.1 Å². The largest absolute Gasteiger partial charge is 0.392 e. The molecule has 4 nitrogen and oxygen atoms in total. The summed E-state index contributed by atoms with van der Waals surface area (Å²) in [4.78, 5) is -0.871. The Labute approximate surface area is 96.5 Å². The first-order valence-corrected chi connectivity index (χ1v) is 5.95. The summed E-state index contributed by atoms with van der Waals surface area (Å²) in [5.74, 6) is -1.89. The van der Waals surface area contributed by atoms with E-state index in [1.807, 2.05) is 4.72 Å². The molecule has 0 saturated carbocycles. The Morgan fingerprint density at radius 3 is 2.62 bits per heavy atom. The van der Waals surface area contributed by atoms with Crippen LogP contribution in [0.5, 0.6) is 0 Å². The van der Waals surface area contributed by atoms with E-state index in [9.17, 15) is 17.2 Å². The maximum Gasteiger partial charge on any atom is 0.243 e. The van der Waals surface area contributed by atoms with Crippen molar-refractivity contribution >= 4 is 27.2 Å². The van der Waals surface area contributed by atoms with Gasteiger partial charge in [0.1, 0.15) is 16.5 Å². The monoisotopic (exact) mass is 266 g/mol. The third-order valence-corrected chi connectivity index (χ3v) is 3.18. The summed E-state index contributed by atoms with van der Waals surface area (Å²) < 4.78 is 50.8. The van der Waals surface area contributed by atoms with E-state index in [1.54, 1.807) is 0 Å². The molecule has 1 aromatic rings. The second-order valence-corrected chi connectivity index (χ2v) is 5.13. The number of rotatable bonds is 4. The van der Waals surface area contributed by atoms with Crippen LogP contribution in [0.15, 0.2) is 23.1 Å². The standard InChI is InChI=1S/C8H8F2N2O2S2/c9-5-1-2-6(10)7(3-5)16(13,14)12-4-8(11)15/h1-3,12H,4H2,(H2,11,15). The van der Waals surface area contributed by atoms with Gasteiger partial charge in [-0.3, -0.25) is 0 Å². The molecule has 3 N–H and O–H groups in total. The highest BCUT2D eigenvalue weighted by Crippen LogP contribution is 2.15.